The molecule has 0 aromatic heterocycles. The lowest BCUT2D eigenvalue weighted by Gasteiger charge is -2.50. The predicted octanol–water partition coefficient (Wildman–Crippen LogP) is 4.67. The molecule has 4 rings (SSSR count). The van der Waals surface area contributed by atoms with Crippen LogP contribution in [0.5, 0.6) is 0 Å². The van der Waals surface area contributed by atoms with Crippen LogP contribution in [0.3, 0.4) is 0 Å². The van der Waals surface area contributed by atoms with Crippen molar-refractivity contribution in [3.8, 4) is 0 Å². The second-order valence-corrected chi connectivity index (χ2v) is 8.11. The van der Waals surface area contributed by atoms with Gasteiger partial charge in [0, 0.05) is 11.8 Å². The number of ketones is 1. The van der Waals surface area contributed by atoms with E-state index in [-0.39, 0.29) is 11.2 Å². The lowest BCUT2D eigenvalue weighted by atomic mass is 9.56. The van der Waals surface area contributed by atoms with Crippen molar-refractivity contribution >= 4 is 5.78 Å². The van der Waals surface area contributed by atoms with Crippen molar-refractivity contribution in [1.29, 1.82) is 0 Å². The third-order valence-corrected chi connectivity index (χ3v) is 7.33. The molecule has 0 aromatic carbocycles. The maximum Gasteiger partial charge on any atom is 0.156 e. The Labute approximate surface area is 145 Å². The maximum absolute atomic E-state index is 11.8. The summed E-state index contributed by atoms with van der Waals surface area (Å²) in [7, 11) is 0. The van der Waals surface area contributed by atoms with E-state index in [1.54, 1.807) is 0 Å². The van der Waals surface area contributed by atoms with Gasteiger partial charge in [0.1, 0.15) is 0 Å². The summed E-state index contributed by atoms with van der Waals surface area (Å²) >= 11 is 0. The zero-order valence-corrected chi connectivity index (χ0v) is 14.7. The average Bonchev–Trinajstić information content (AvgIpc) is 2.88. The van der Waals surface area contributed by atoms with E-state index >= 15 is 0 Å². The van der Waals surface area contributed by atoms with Gasteiger partial charge < -0.3 is 5.11 Å². The molecule has 24 heavy (non-hydrogen) atoms. The van der Waals surface area contributed by atoms with E-state index in [2.05, 4.69) is 25.7 Å². The van der Waals surface area contributed by atoms with Gasteiger partial charge in [-0.2, -0.15) is 0 Å². The first kappa shape index (κ1) is 16.1. The van der Waals surface area contributed by atoms with E-state index in [1.807, 2.05) is 12.2 Å². The minimum Gasteiger partial charge on any atom is -0.389 e. The molecular formula is C22H28O2. The van der Waals surface area contributed by atoms with Crippen molar-refractivity contribution in [3.05, 3.63) is 47.6 Å². The lowest BCUT2D eigenvalue weighted by Crippen LogP contribution is -2.49. The highest BCUT2D eigenvalue weighted by atomic mass is 16.3. The van der Waals surface area contributed by atoms with Crippen LogP contribution in [-0.4, -0.2) is 16.5 Å². The average molecular weight is 324 g/mol. The van der Waals surface area contributed by atoms with Crippen LogP contribution in [0.25, 0.3) is 0 Å². The topological polar surface area (TPSA) is 37.3 Å². The maximum atomic E-state index is 11.8. The van der Waals surface area contributed by atoms with Crippen molar-refractivity contribution in [2.24, 2.45) is 17.3 Å². The SMILES string of the molecule is C=CC[C@]1(O)CC[C@H]2[C@@H]3CCC4=CC(=O)CCC4=C3C=C[C@@]21CC. The van der Waals surface area contributed by atoms with E-state index < -0.39 is 5.60 Å². The first-order chi connectivity index (χ1) is 11.5. The number of fused-ring (bicyclic) bond motifs is 4. The lowest BCUT2D eigenvalue weighted by molar-refractivity contribution is -0.114. The first-order valence-electron chi connectivity index (χ1n) is 9.54. The fourth-order valence-corrected chi connectivity index (χ4v) is 6.19. The molecule has 0 spiro atoms. The monoisotopic (exact) mass is 324 g/mol. The highest BCUT2D eigenvalue weighted by Crippen LogP contribution is 2.63. The molecule has 2 heteroatoms. The molecule has 0 unspecified atom stereocenters. The van der Waals surface area contributed by atoms with Gasteiger partial charge in [0.15, 0.2) is 5.78 Å². The standard InChI is InChI=1S/C22H28O2/c1-3-11-22(24)13-10-20-19-7-5-15-14-16(23)6-8-17(15)18(19)9-12-21(20,22)4-2/h3,9,12,14,19-20,24H,1,4-8,10-11,13H2,2H3/t19-,20+,21+,22+/m1/s1. The molecule has 0 aliphatic heterocycles. The van der Waals surface area contributed by atoms with Crippen LogP contribution in [-0.2, 0) is 4.79 Å². The minimum atomic E-state index is -0.639. The molecule has 4 aliphatic carbocycles. The van der Waals surface area contributed by atoms with Crippen molar-refractivity contribution in [2.45, 2.75) is 63.9 Å². The zero-order valence-electron chi connectivity index (χ0n) is 14.7. The van der Waals surface area contributed by atoms with Gasteiger partial charge in [0.25, 0.3) is 0 Å². The largest absolute Gasteiger partial charge is 0.389 e. The molecule has 1 fully saturated rings. The molecule has 0 aromatic rings. The summed E-state index contributed by atoms with van der Waals surface area (Å²) in [6.07, 6.45) is 15.8. The second-order valence-electron chi connectivity index (χ2n) is 8.11. The number of allylic oxidation sites excluding steroid dienone is 5. The van der Waals surface area contributed by atoms with Crippen LogP contribution < -0.4 is 0 Å². The first-order valence-corrected chi connectivity index (χ1v) is 9.54. The third kappa shape index (κ3) is 2.02. The van der Waals surface area contributed by atoms with Gasteiger partial charge in [-0.1, -0.05) is 25.2 Å². The van der Waals surface area contributed by atoms with Gasteiger partial charge in [0.05, 0.1) is 5.60 Å². The van der Waals surface area contributed by atoms with Gasteiger partial charge in [-0.25, -0.2) is 0 Å². The number of hydrogen-bond donors (Lipinski definition) is 1. The Morgan fingerprint density at radius 3 is 2.92 bits per heavy atom. The van der Waals surface area contributed by atoms with Crippen LogP contribution in [0.1, 0.15) is 58.3 Å². The molecule has 0 radical (unpaired) electrons. The third-order valence-electron chi connectivity index (χ3n) is 7.33. The van der Waals surface area contributed by atoms with Gasteiger partial charge in [0.2, 0.25) is 0 Å². The summed E-state index contributed by atoms with van der Waals surface area (Å²) in [5, 5.41) is 11.4. The molecule has 0 heterocycles. The van der Waals surface area contributed by atoms with Gasteiger partial charge in [-0.3, -0.25) is 4.79 Å². The fraction of sp³-hybridized carbons (Fsp3) is 0.591. The Hall–Kier alpha value is -1.41. The molecule has 1 N–H and O–H groups in total. The summed E-state index contributed by atoms with van der Waals surface area (Å²) in [5.41, 5.74) is 3.44. The molecule has 0 amide bonds. The minimum absolute atomic E-state index is 0.110. The highest BCUT2D eigenvalue weighted by molar-refractivity contribution is 5.93. The number of carbonyl (C=O) groups excluding carboxylic acids is 1. The summed E-state index contributed by atoms with van der Waals surface area (Å²) in [5.74, 6) is 1.37. The normalized spacial score (nSPS) is 40.8. The van der Waals surface area contributed by atoms with E-state index in [0.717, 1.165) is 38.5 Å². The van der Waals surface area contributed by atoms with E-state index in [4.69, 9.17) is 0 Å². The fourth-order valence-electron chi connectivity index (χ4n) is 6.19. The second kappa shape index (κ2) is 5.56. The van der Waals surface area contributed by atoms with Crippen LogP contribution in [0.2, 0.25) is 0 Å². The van der Waals surface area contributed by atoms with Crippen molar-refractivity contribution in [1.82, 2.24) is 0 Å². The Kier molecular flexibility index (Phi) is 3.72. The summed E-state index contributed by atoms with van der Waals surface area (Å²) in [6.45, 7) is 6.11. The van der Waals surface area contributed by atoms with E-state index in [1.165, 1.54) is 16.7 Å². The summed E-state index contributed by atoms with van der Waals surface area (Å²) in [6, 6.07) is 0. The molecule has 128 valence electrons. The molecule has 0 saturated heterocycles. The highest BCUT2D eigenvalue weighted by Gasteiger charge is 2.60. The van der Waals surface area contributed by atoms with Crippen LogP contribution in [0, 0.1) is 17.3 Å². The van der Waals surface area contributed by atoms with Gasteiger partial charge >= 0.3 is 0 Å². The number of aliphatic hydroxyl groups is 1. The van der Waals surface area contributed by atoms with Crippen molar-refractivity contribution < 1.29 is 9.90 Å². The molecular weight excluding hydrogens is 296 g/mol. The van der Waals surface area contributed by atoms with Crippen LogP contribution >= 0.6 is 0 Å². The molecule has 4 aliphatic rings. The summed E-state index contributed by atoms with van der Waals surface area (Å²) in [4.78, 5) is 11.8. The van der Waals surface area contributed by atoms with E-state index in [9.17, 15) is 9.90 Å². The van der Waals surface area contributed by atoms with Gasteiger partial charge in [-0.05, 0) is 79.6 Å². The Bertz CT molecular complexity index is 680. The molecule has 0 bridgehead atoms. The van der Waals surface area contributed by atoms with E-state index in [0.29, 0.717) is 24.7 Å². The zero-order chi connectivity index (χ0) is 16.9. The number of hydrogen-bond acceptors (Lipinski definition) is 2. The van der Waals surface area contributed by atoms with Gasteiger partial charge in [-0.15, -0.1) is 6.58 Å². The number of rotatable bonds is 3. The predicted molar refractivity (Wildman–Crippen MR) is 96.4 cm³/mol. The Morgan fingerprint density at radius 2 is 2.17 bits per heavy atom. The molecule has 1 saturated carbocycles. The smallest absolute Gasteiger partial charge is 0.156 e. The number of carbonyl (C=O) groups is 1. The molecule has 2 nitrogen and oxygen atoms in total. The Balaban J connectivity index is 1.81. The van der Waals surface area contributed by atoms with Crippen molar-refractivity contribution in [2.75, 3.05) is 0 Å². The van der Waals surface area contributed by atoms with Crippen LogP contribution in [0.4, 0.5) is 0 Å². The summed E-state index contributed by atoms with van der Waals surface area (Å²) < 4.78 is 0. The Morgan fingerprint density at radius 1 is 1.33 bits per heavy atom. The quantitative estimate of drug-likeness (QED) is 0.766. The van der Waals surface area contributed by atoms with Crippen molar-refractivity contribution in [3.63, 3.8) is 0 Å². The van der Waals surface area contributed by atoms with Crippen LogP contribution in [0.15, 0.2) is 47.6 Å². The molecule has 4 atom stereocenters.